The van der Waals surface area contributed by atoms with Crippen LogP contribution in [-0.4, -0.2) is 19.5 Å². The first-order valence-corrected chi connectivity index (χ1v) is 15.8. The molecule has 0 saturated carbocycles. The number of benzene rings is 5. The number of H-pyrrole nitrogens is 1. The van der Waals surface area contributed by atoms with Gasteiger partial charge >= 0.3 is 0 Å². The highest BCUT2D eigenvalue weighted by molar-refractivity contribution is 6.17. The van der Waals surface area contributed by atoms with Crippen LogP contribution in [0.1, 0.15) is 11.1 Å². The molecule has 10 rings (SSSR count). The minimum absolute atomic E-state index is 0.881. The number of aromatic amines is 1. The third-order valence-electron chi connectivity index (χ3n) is 9.39. The van der Waals surface area contributed by atoms with Gasteiger partial charge in [0, 0.05) is 39.5 Å². The molecule has 0 atom stereocenters. The summed E-state index contributed by atoms with van der Waals surface area (Å²) in [6.07, 6.45) is 8.17. The van der Waals surface area contributed by atoms with Crippen LogP contribution in [0.5, 0.6) is 0 Å². The van der Waals surface area contributed by atoms with Crippen molar-refractivity contribution < 1.29 is 0 Å². The normalized spacial score (nSPS) is 12.6. The van der Waals surface area contributed by atoms with E-state index in [9.17, 15) is 0 Å². The first kappa shape index (κ1) is 25.8. The van der Waals surface area contributed by atoms with Crippen molar-refractivity contribution in [2.75, 3.05) is 4.90 Å². The molecule has 5 heterocycles. The molecule has 1 N–H and O–H groups in total. The van der Waals surface area contributed by atoms with Gasteiger partial charge in [0.1, 0.15) is 5.82 Å². The topological polar surface area (TPSA) is 49.7 Å². The standard InChI is InChI=1S/C42H27N5/c1-3-17-35-27(11-1)21-22-28-25-33-29-12-2-4-18-36(29)46(39(33)26-38(28)47(35)40-20-6-8-24-44-40)37-19-10-14-31-30-13-9-15-32(41(30)45-42(31)37)34-16-5-7-23-43-34/h1-26,45H. The Labute approximate surface area is 270 Å². The van der Waals surface area contributed by atoms with Crippen LogP contribution in [0.3, 0.4) is 0 Å². The van der Waals surface area contributed by atoms with Crippen LogP contribution in [0.2, 0.25) is 0 Å². The van der Waals surface area contributed by atoms with Gasteiger partial charge in [-0.2, -0.15) is 0 Å². The van der Waals surface area contributed by atoms with E-state index in [-0.39, 0.29) is 0 Å². The maximum Gasteiger partial charge on any atom is 0.137 e. The summed E-state index contributed by atoms with van der Waals surface area (Å²) in [6, 6.07) is 47.2. The molecule has 0 fully saturated rings. The lowest BCUT2D eigenvalue weighted by molar-refractivity contribution is 1.16. The van der Waals surface area contributed by atoms with Crippen LogP contribution in [0, 0.1) is 0 Å². The number of aromatic nitrogens is 4. The molecule has 1 aliphatic rings. The Hall–Kier alpha value is -6.46. The Morgan fingerprint density at radius 3 is 2.06 bits per heavy atom. The minimum Gasteiger partial charge on any atom is -0.352 e. The van der Waals surface area contributed by atoms with Gasteiger partial charge in [0.2, 0.25) is 0 Å². The number of fused-ring (bicyclic) bond motifs is 8. The molecule has 47 heavy (non-hydrogen) atoms. The highest BCUT2D eigenvalue weighted by Gasteiger charge is 2.24. The first-order valence-electron chi connectivity index (χ1n) is 15.8. The van der Waals surface area contributed by atoms with E-state index in [2.05, 4.69) is 141 Å². The van der Waals surface area contributed by atoms with Gasteiger partial charge in [-0.15, -0.1) is 0 Å². The fourth-order valence-corrected chi connectivity index (χ4v) is 7.34. The second-order valence-corrected chi connectivity index (χ2v) is 12.0. The molecule has 0 radical (unpaired) electrons. The van der Waals surface area contributed by atoms with Gasteiger partial charge in [-0.3, -0.25) is 9.88 Å². The molecule has 5 heteroatoms. The molecular formula is C42H27N5. The van der Waals surface area contributed by atoms with Crippen LogP contribution in [0.25, 0.3) is 72.7 Å². The second-order valence-electron chi connectivity index (χ2n) is 12.0. The quantitative estimate of drug-likeness (QED) is 0.219. The molecule has 4 aromatic heterocycles. The molecular weight excluding hydrogens is 574 g/mol. The van der Waals surface area contributed by atoms with Gasteiger partial charge in [-0.1, -0.05) is 91.0 Å². The van der Waals surface area contributed by atoms with E-state index in [1.165, 1.54) is 21.5 Å². The molecule has 0 spiro atoms. The zero-order valence-electron chi connectivity index (χ0n) is 25.3. The summed E-state index contributed by atoms with van der Waals surface area (Å²) in [5, 5.41) is 4.79. The summed E-state index contributed by atoms with van der Waals surface area (Å²) in [7, 11) is 0. The Morgan fingerprint density at radius 1 is 0.468 bits per heavy atom. The molecule has 5 nitrogen and oxygen atoms in total. The summed E-state index contributed by atoms with van der Waals surface area (Å²) in [6.45, 7) is 0. The SMILES string of the molecule is C1=Cc2cc3c4ccccc4n(-c4cccc5c4[nH]c4c(-c6ccccn6)cccc45)c3cc2N(c2ccccn2)c2ccccc21. The van der Waals surface area contributed by atoms with Crippen LogP contribution in [0.4, 0.5) is 17.2 Å². The molecule has 0 amide bonds. The van der Waals surface area contributed by atoms with E-state index in [1.807, 2.05) is 36.7 Å². The van der Waals surface area contributed by atoms with E-state index in [0.29, 0.717) is 0 Å². The Balaban J connectivity index is 1.29. The Morgan fingerprint density at radius 2 is 1.19 bits per heavy atom. The minimum atomic E-state index is 0.881. The summed E-state index contributed by atoms with van der Waals surface area (Å²) < 4.78 is 2.42. The number of anilines is 3. The Bertz CT molecular complexity index is 2680. The lowest BCUT2D eigenvalue weighted by atomic mass is 10.1. The van der Waals surface area contributed by atoms with Crippen molar-refractivity contribution in [3.8, 4) is 16.9 Å². The van der Waals surface area contributed by atoms with Crippen LogP contribution >= 0.6 is 0 Å². The average Bonchev–Trinajstić information content (AvgIpc) is 3.62. The molecule has 220 valence electrons. The lowest BCUT2D eigenvalue weighted by Gasteiger charge is -2.26. The maximum absolute atomic E-state index is 4.82. The molecule has 0 aliphatic carbocycles. The van der Waals surface area contributed by atoms with Crippen LogP contribution in [-0.2, 0) is 0 Å². The fraction of sp³-hybridized carbons (Fsp3) is 0. The number of para-hydroxylation sites is 4. The van der Waals surface area contributed by atoms with Crippen molar-refractivity contribution >= 4 is 73.0 Å². The molecule has 9 aromatic rings. The largest absolute Gasteiger partial charge is 0.352 e. The third-order valence-corrected chi connectivity index (χ3v) is 9.39. The monoisotopic (exact) mass is 601 g/mol. The number of pyridine rings is 2. The van der Waals surface area contributed by atoms with Gasteiger partial charge in [-0.25, -0.2) is 4.98 Å². The van der Waals surface area contributed by atoms with Gasteiger partial charge in [0.25, 0.3) is 0 Å². The molecule has 5 aromatic carbocycles. The summed E-state index contributed by atoms with van der Waals surface area (Å²) >= 11 is 0. The molecule has 0 unspecified atom stereocenters. The van der Waals surface area contributed by atoms with Gasteiger partial charge in [0.05, 0.1) is 44.8 Å². The fourth-order valence-electron chi connectivity index (χ4n) is 7.34. The summed E-state index contributed by atoms with van der Waals surface area (Å²) in [5.74, 6) is 0.881. The molecule has 0 saturated heterocycles. The smallest absolute Gasteiger partial charge is 0.137 e. The average molecular weight is 602 g/mol. The van der Waals surface area contributed by atoms with Crippen molar-refractivity contribution in [3.63, 3.8) is 0 Å². The highest BCUT2D eigenvalue weighted by Crippen LogP contribution is 2.45. The van der Waals surface area contributed by atoms with E-state index in [0.717, 1.165) is 67.3 Å². The summed E-state index contributed by atoms with van der Waals surface area (Å²) in [5.41, 5.74) is 12.1. The van der Waals surface area contributed by atoms with E-state index in [4.69, 9.17) is 4.98 Å². The van der Waals surface area contributed by atoms with E-state index < -0.39 is 0 Å². The first-order chi connectivity index (χ1) is 23.3. The number of hydrogen-bond acceptors (Lipinski definition) is 3. The van der Waals surface area contributed by atoms with E-state index in [1.54, 1.807) is 0 Å². The van der Waals surface area contributed by atoms with Crippen LogP contribution < -0.4 is 4.90 Å². The third kappa shape index (κ3) is 3.83. The van der Waals surface area contributed by atoms with Crippen molar-refractivity contribution in [1.29, 1.82) is 0 Å². The molecule has 1 aliphatic heterocycles. The Kier molecular flexibility index (Phi) is 5.51. The zero-order chi connectivity index (χ0) is 30.9. The van der Waals surface area contributed by atoms with Gasteiger partial charge in [0.15, 0.2) is 0 Å². The number of nitrogens with zero attached hydrogens (tertiary/aromatic N) is 4. The van der Waals surface area contributed by atoms with Gasteiger partial charge < -0.3 is 9.55 Å². The second kappa shape index (κ2) is 10.0. The van der Waals surface area contributed by atoms with Crippen LogP contribution in [0.15, 0.2) is 146 Å². The zero-order valence-corrected chi connectivity index (χ0v) is 25.3. The van der Waals surface area contributed by atoms with E-state index >= 15 is 0 Å². The van der Waals surface area contributed by atoms with Crippen molar-refractivity contribution in [1.82, 2.24) is 19.5 Å². The lowest BCUT2D eigenvalue weighted by Crippen LogP contribution is -2.13. The van der Waals surface area contributed by atoms with Crippen molar-refractivity contribution in [2.24, 2.45) is 0 Å². The maximum atomic E-state index is 4.82. The predicted molar refractivity (Wildman–Crippen MR) is 195 cm³/mol. The highest BCUT2D eigenvalue weighted by atomic mass is 15.2. The van der Waals surface area contributed by atoms with Gasteiger partial charge in [-0.05, 0) is 65.7 Å². The number of rotatable bonds is 3. The van der Waals surface area contributed by atoms with Crippen molar-refractivity contribution in [2.45, 2.75) is 0 Å². The number of nitrogens with one attached hydrogen (secondary N) is 1. The predicted octanol–water partition coefficient (Wildman–Crippen LogP) is 10.8. The summed E-state index contributed by atoms with van der Waals surface area (Å²) in [4.78, 5) is 15.6. The molecule has 0 bridgehead atoms. The van der Waals surface area contributed by atoms with Crippen molar-refractivity contribution in [3.05, 3.63) is 157 Å². The number of hydrogen-bond donors (Lipinski definition) is 1.